The van der Waals surface area contributed by atoms with E-state index in [1.54, 1.807) is 18.2 Å². The number of methoxy groups -OCH3 is 1. The zero-order chi connectivity index (χ0) is 27.8. The molecule has 1 saturated heterocycles. The average Bonchev–Trinajstić information content (AvgIpc) is 3.34. The van der Waals surface area contributed by atoms with Crippen LogP contribution in [-0.4, -0.2) is 59.2 Å². The van der Waals surface area contributed by atoms with Crippen LogP contribution in [0.25, 0.3) is 10.9 Å². The topological polar surface area (TPSA) is 99.6 Å². The molecule has 1 aliphatic heterocycles. The Morgan fingerprint density at radius 3 is 2.72 bits per heavy atom. The number of benzene rings is 2. The first-order chi connectivity index (χ1) is 18.9. The van der Waals surface area contributed by atoms with Crippen molar-refractivity contribution in [1.29, 1.82) is 0 Å². The number of hydrogen-bond donors (Lipinski definition) is 3. The van der Waals surface area contributed by atoms with Crippen LogP contribution in [0, 0.1) is 11.2 Å². The van der Waals surface area contributed by atoms with E-state index in [0.717, 1.165) is 19.4 Å². The Bertz CT molecular complexity index is 1310. The second-order valence-electron chi connectivity index (χ2n) is 10.1. The number of nitrogens with zero attached hydrogens (tertiary/aromatic N) is 3. The first-order valence-corrected chi connectivity index (χ1v) is 13.5. The van der Waals surface area contributed by atoms with E-state index in [-0.39, 0.29) is 11.1 Å². The normalized spacial score (nSPS) is 21.1. The second-order valence-corrected chi connectivity index (χ2v) is 10.5. The van der Waals surface area contributed by atoms with Gasteiger partial charge in [0.25, 0.3) is 0 Å². The van der Waals surface area contributed by atoms with Crippen molar-refractivity contribution in [3.63, 3.8) is 0 Å². The van der Waals surface area contributed by atoms with E-state index in [9.17, 15) is 14.3 Å². The maximum atomic E-state index is 13.3. The Hall–Kier alpha value is -3.27. The van der Waals surface area contributed by atoms with Crippen molar-refractivity contribution < 1.29 is 19.0 Å². The predicted octanol–water partition coefficient (Wildman–Crippen LogP) is 5.93. The largest absolute Gasteiger partial charge is 0.494 e. The molecule has 1 aliphatic carbocycles. The Morgan fingerprint density at radius 1 is 1.23 bits per heavy atom. The molecule has 1 spiro atoms. The highest BCUT2D eigenvalue weighted by atomic mass is 35.5. The lowest BCUT2D eigenvalue weighted by Crippen LogP contribution is -2.33. The van der Waals surface area contributed by atoms with Crippen LogP contribution in [0.1, 0.15) is 39.0 Å². The summed E-state index contributed by atoms with van der Waals surface area (Å²) < 4.78 is 18.5. The summed E-state index contributed by atoms with van der Waals surface area (Å²) >= 11 is 5.79. The third kappa shape index (κ3) is 7.23. The summed E-state index contributed by atoms with van der Waals surface area (Å²) in [4.78, 5) is 21.7. The zero-order valence-electron chi connectivity index (χ0n) is 22.3. The zero-order valence-corrected chi connectivity index (χ0v) is 23.0. The van der Waals surface area contributed by atoms with Gasteiger partial charge in [-0.25, -0.2) is 14.4 Å². The van der Waals surface area contributed by atoms with Gasteiger partial charge < -0.3 is 20.5 Å². The highest BCUT2D eigenvalue weighted by Crippen LogP contribution is 2.43. The summed E-state index contributed by atoms with van der Waals surface area (Å²) in [5.74, 6) is 0.459. The molecule has 208 valence electrons. The van der Waals surface area contributed by atoms with Crippen molar-refractivity contribution in [1.82, 2.24) is 14.9 Å². The molecule has 5 rings (SSSR count). The number of carbonyl (C=O) groups excluding carboxylic acids is 1. The maximum absolute atomic E-state index is 13.3. The summed E-state index contributed by atoms with van der Waals surface area (Å²) in [5, 5.41) is 15.8. The molecule has 1 aromatic heterocycles. The SMILES string of the molecule is C/C=C/CN1CCC2(CCC(O)CC2)C1.COc1cc2ncnc(Nc3ccc(F)c(Cl)c3)c2cc1NC=O. The molecule has 0 atom stereocenters. The number of aliphatic hydroxyl groups excluding tert-OH is 1. The first kappa shape index (κ1) is 28.7. The molecule has 1 saturated carbocycles. The van der Waals surface area contributed by atoms with Crippen molar-refractivity contribution >= 4 is 46.1 Å². The minimum absolute atomic E-state index is 0.00309. The van der Waals surface area contributed by atoms with E-state index in [1.807, 2.05) is 0 Å². The molecule has 39 heavy (non-hydrogen) atoms. The molecular formula is C29H35ClFN5O3. The smallest absolute Gasteiger partial charge is 0.211 e. The second kappa shape index (κ2) is 13.2. The number of amides is 1. The number of ether oxygens (including phenoxy) is 1. The number of anilines is 3. The molecule has 2 aromatic carbocycles. The molecule has 1 amide bonds. The van der Waals surface area contributed by atoms with Crippen LogP contribution in [-0.2, 0) is 4.79 Å². The maximum Gasteiger partial charge on any atom is 0.211 e. The van der Waals surface area contributed by atoms with Gasteiger partial charge in [-0.1, -0.05) is 23.8 Å². The Morgan fingerprint density at radius 2 is 2.03 bits per heavy atom. The number of aliphatic hydroxyl groups is 1. The van der Waals surface area contributed by atoms with Crippen LogP contribution in [0.4, 0.5) is 21.6 Å². The van der Waals surface area contributed by atoms with Crippen molar-refractivity contribution in [3.8, 4) is 5.75 Å². The molecule has 2 fully saturated rings. The van der Waals surface area contributed by atoms with Crippen LogP contribution in [0.5, 0.6) is 5.75 Å². The summed E-state index contributed by atoms with van der Waals surface area (Å²) in [6.45, 7) is 5.70. The molecule has 0 unspecified atom stereocenters. The number of likely N-dealkylation sites (tertiary alicyclic amines) is 1. The summed E-state index contributed by atoms with van der Waals surface area (Å²) in [6, 6.07) is 7.64. The predicted molar refractivity (Wildman–Crippen MR) is 153 cm³/mol. The molecule has 3 aromatic rings. The molecular weight excluding hydrogens is 521 g/mol. The van der Waals surface area contributed by atoms with E-state index in [0.29, 0.717) is 45.7 Å². The van der Waals surface area contributed by atoms with Gasteiger partial charge in [-0.15, -0.1) is 0 Å². The molecule has 8 nitrogen and oxygen atoms in total. The van der Waals surface area contributed by atoms with E-state index in [1.165, 1.54) is 57.9 Å². The lowest BCUT2D eigenvalue weighted by Gasteiger charge is -2.35. The number of carbonyl (C=O) groups is 1. The molecule has 2 heterocycles. The molecule has 0 radical (unpaired) electrons. The fourth-order valence-electron chi connectivity index (χ4n) is 5.30. The summed E-state index contributed by atoms with van der Waals surface area (Å²) in [7, 11) is 1.50. The third-order valence-corrected chi connectivity index (χ3v) is 7.78. The monoisotopic (exact) mass is 555 g/mol. The van der Waals surface area contributed by atoms with Crippen molar-refractivity contribution in [2.24, 2.45) is 5.41 Å². The number of rotatable bonds is 7. The van der Waals surface area contributed by atoms with Crippen LogP contribution in [0.3, 0.4) is 0 Å². The number of aromatic nitrogens is 2. The van der Waals surface area contributed by atoms with E-state index in [4.69, 9.17) is 16.3 Å². The van der Waals surface area contributed by atoms with Gasteiger partial charge >= 0.3 is 0 Å². The number of fused-ring (bicyclic) bond motifs is 1. The van der Waals surface area contributed by atoms with Gasteiger partial charge in [0.15, 0.2) is 0 Å². The van der Waals surface area contributed by atoms with Gasteiger partial charge in [0.1, 0.15) is 23.7 Å². The minimum atomic E-state index is -0.503. The van der Waals surface area contributed by atoms with E-state index < -0.39 is 5.82 Å². The average molecular weight is 556 g/mol. The van der Waals surface area contributed by atoms with Gasteiger partial charge in [-0.2, -0.15) is 0 Å². The van der Waals surface area contributed by atoms with Crippen LogP contribution >= 0.6 is 11.6 Å². The lowest BCUT2D eigenvalue weighted by atomic mass is 9.73. The highest BCUT2D eigenvalue weighted by Gasteiger charge is 2.40. The Kier molecular flexibility index (Phi) is 9.72. The fraction of sp³-hybridized carbons (Fsp3) is 0.414. The van der Waals surface area contributed by atoms with Crippen molar-refractivity contribution in [2.75, 3.05) is 37.4 Å². The minimum Gasteiger partial charge on any atom is -0.494 e. The van der Waals surface area contributed by atoms with E-state index in [2.05, 4.69) is 44.6 Å². The van der Waals surface area contributed by atoms with Crippen LogP contribution in [0.15, 0.2) is 48.8 Å². The van der Waals surface area contributed by atoms with E-state index >= 15 is 0 Å². The van der Waals surface area contributed by atoms with Gasteiger partial charge in [0.2, 0.25) is 6.41 Å². The number of allylic oxidation sites excluding steroid dienone is 1. The van der Waals surface area contributed by atoms with Crippen LogP contribution in [0.2, 0.25) is 5.02 Å². The molecule has 0 bridgehead atoms. The van der Waals surface area contributed by atoms with Gasteiger partial charge in [-0.05, 0) is 75.3 Å². The van der Waals surface area contributed by atoms with Gasteiger partial charge in [-0.3, -0.25) is 9.69 Å². The fourth-order valence-corrected chi connectivity index (χ4v) is 5.48. The van der Waals surface area contributed by atoms with Crippen molar-refractivity contribution in [3.05, 3.63) is 59.7 Å². The number of nitrogens with one attached hydrogen (secondary N) is 2. The Labute approximate surface area is 233 Å². The van der Waals surface area contributed by atoms with Gasteiger partial charge in [0.05, 0.1) is 29.4 Å². The lowest BCUT2D eigenvalue weighted by molar-refractivity contribution is -0.105. The quantitative estimate of drug-likeness (QED) is 0.245. The third-order valence-electron chi connectivity index (χ3n) is 7.49. The highest BCUT2D eigenvalue weighted by molar-refractivity contribution is 6.31. The molecule has 3 N–H and O–H groups in total. The first-order valence-electron chi connectivity index (χ1n) is 13.1. The standard InChI is InChI=1S/C16H12ClFN4O2.C13H23NO/c1-24-15-6-13-10(5-14(15)21-8-23)16(20-7-19-13)22-9-2-3-12(18)11(17)4-9;1-2-3-9-14-10-8-13(11-14)6-4-12(15)5-7-13/h2-8H,1H3,(H,21,23)(H,19,20,22);2-3,12,15H,4-11H2,1H3/b;3-2+. The Balaban J connectivity index is 0.000000202. The summed E-state index contributed by atoms with van der Waals surface area (Å²) in [6.07, 6.45) is 12.2. The molecule has 10 heteroatoms. The van der Waals surface area contributed by atoms with Crippen molar-refractivity contribution in [2.45, 2.75) is 45.1 Å². The van der Waals surface area contributed by atoms with Crippen LogP contribution < -0.4 is 15.4 Å². The summed E-state index contributed by atoms with van der Waals surface area (Å²) in [5.41, 5.74) is 2.23. The molecule has 2 aliphatic rings. The number of hydrogen-bond acceptors (Lipinski definition) is 7. The number of halogens is 2. The van der Waals surface area contributed by atoms with Gasteiger partial charge in [0, 0.05) is 30.2 Å².